The molecular weight excluding hydrogens is 342 g/mol. The molecule has 0 spiro atoms. The summed E-state index contributed by atoms with van der Waals surface area (Å²) in [7, 11) is 1.63. The molecule has 0 radical (unpaired) electrons. The Morgan fingerprint density at radius 2 is 1.78 bits per heavy atom. The van der Waals surface area contributed by atoms with Crippen LogP contribution in [0.5, 0.6) is 17.2 Å². The summed E-state index contributed by atoms with van der Waals surface area (Å²) in [4.78, 5) is 4.49. The van der Waals surface area contributed by atoms with Crippen molar-refractivity contribution in [1.29, 1.82) is 0 Å². The van der Waals surface area contributed by atoms with Crippen molar-refractivity contribution < 1.29 is 14.6 Å². The summed E-state index contributed by atoms with van der Waals surface area (Å²) in [5.74, 6) is 1.52. The summed E-state index contributed by atoms with van der Waals surface area (Å²) in [5, 5.41) is 15.1. The van der Waals surface area contributed by atoms with Gasteiger partial charge in [0.15, 0.2) is 5.65 Å². The Kier molecular flexibility index (Phi) is 4.38. The molecule has 6 nitrogen and oxygen atoms in total. The van der Waals surface area contributed by atoms with Crippen molar-refractivity contribution in [2.45, 2.75) is 6.92 Å². The second-order valence-electron chi connectivity index (χ2n) is 5.96. The molecule has 0 fully saturated rings. The molecule has 0 atom stereocenters. The van der Waals surface area contributed by atoms with Gasteiger partial charge in [0, 0.05) is 29.5 Å². The van der Waals surface area contributed by atoms with Crippen LogP contribution in [0.25, 0.3) is 28.0 Å². The van der Waals surface area contributed by atoms with E-state index in [-0.39, 0.29) is 5.75 Å². The number of aromatic nitrogens is 3. The van der Waals surface area contributed by atoms with E-state index in [1.54, 1.807) is 30.1 Å². The number of fused-ring (bicyclic) bond motifs is 1. The molecule has 6 heteroatoms. The van der Waals surface area contributed by atoms with Crippen molar-refractivity contribution in [2.24, 2.45) is 0 Å². The number of phenolic OH excluding ortho intramolecular Hbond substituents is 1. The van der Waals surface area contributed by atoms with Crippen molar-refractivity contribution >= 4 is 5.65 Å². The SMILES string of the molecule is CCOc1ccc(-c2c(-c3ccc(OC)cc3)cnc3ccnn23)c(O)c1. The fourth-order valence-corrected chi connectivity index (χ4v) is 3.08. The first kappa shape index (κ1) is 16.9. The Morgan fingerprint density at radius 1 is 1.00 bits per heavy atom. The number of methoxy groups -OCH3 is 1. The third-order valence-electron chi connectivity index (χ3n) is 4.35. The Labute approximate surface area is 156 Å². The standard InChI is InChI=1S/C21H19N3O3/c1-3-27-16-8-9-17(19(25)12-16)21-18(13-22-20-10-11-23-24(20)21)14-4-6-15(26-2)7-5-14/h4-13,25H,3H2,1-2H3. The van der Waals surface area contributed by atoms with Crippen molar-refractivity contribution in [1.82, 2.24) is 14.6 Å². The average molecular weight is 361 g/mol. The van der Waals surface area contributed by atoms with Crippen LogP contribution in [0.2, 0.25) is 0 Å². The maximum Gasteiger partial charge on any atom is 0.155 e. The molecule has 0 amide bonds. The second kappa shape index (κ2) is 6.99. The zero-order valence-corrected chi connectivity index (χ0v) is 15.1. The number of hydrogen-bond acceptors (Lipinski definition) is 5. The molecule has 4 rings (SSSR count). The number of aromatic hydroxyl groups is 1. The Balaban J connectivity index is 1.94. The fraction of sp³-hybridized carbons (Fsp3) is 0.143. The van der Waals surface area contributed by atoms with E-state index in [0.29, 0.717) is 23.6 Å². The summed E-state index contributed by atoms with van der Waals surface area (Å²) in [6.45, 7) is 2.44. The summed E-state index contributed by atoms with van der Waals surface area (Å²) < 4.78 is 12.5. The van der Waals surface area contributed by atoms with Gasteiger partial charge in [-0.05, 0) is 36.8 Å². The van der Waals surface area contributed by atoms with Crippen LogP contribution in [0.4, 0.5) is 0 Å². The molecule has 0 aliphatic heterocycles. The molecule has 136 valence electrons. The van der Waals surface area contributed by atoms with Gasteiger partial charge in [-0.15, -0.1) is 0 Å². The van der Waals surface area contributed by atoms with Gasteiger partial charge in [-0.2, -0.15) is 5.10 Å². The molecule has 27 heavy (non-hydrogen) atoms. The van der Waals surface area contributed by atoms with Crippen LogP contribution in [0, 0.1) is 0 Å². The van der Waals surface area contributed by atoms with E-state index in [0.717, 1.165) is 22.6 Å². The van der Waals surface area contributed by atoms with Crippen LogP contribution < -0.4 is 9.47 Å². The molecule has 4 aromatic rings. The van der Waals surface area contributed by atoms with E-state index < -0.39 is 0 Å². The summed E-state index contributed by atoms with van der Waals surface area (Å²) in [5.41, 5.74) is 3.92. The van der Waals surface area contributed by atoms with E-state index in [1.165, 1.54) is 0 Å². The minimum Gasteiger partial charge on any atom is -0.507 e. The zero-order chi connectivity index (χ0) is 18.8. The Morgan fingerprint density at radius 3 is 2.48 bits per heavy atom. The lowest BCUT2D eigenvalue weighted by Gasteiger charge is -2.14. The van der Waals surface area contributed by atoms with Crippen LogP contribution in [0.1, 0.15) is 6.92 Å². The maximum atomic E-state index is 10.7. The molecule has 0 aliphatic rings. The van der Waals surface area contributed by atoms with Gasteiger partial charge in [-0.25, -0.2) is 9.50 Å². The second-order valence-corrected chi connectivity index (χ2v) is 5.96. The van der Waals surface area contributed by atoms with Crippen molar-refractivity contribution in [3.63, 3.8) is 0 Å². The zero-order valence-electron chi connectivity index (χ0n) is 15.1. The first-order valence-electron chi connectivity index (χ1n) is 8.64. The first-order valence-corrected chi connectivity index (χ1v) is 8.64. The lowest BCUT2D eigenvalue weighted by Crippen LogP contribution is -2.00. The van der Waals surface area contributed by atoms with E-state index in [9.17, 15) is 5.11 Å². The van der Waals surface area contributed by atoms with Crippen molar-refractivity contribution in [3.05, 3.63) is 60.9 Å². The van der Waals surface area contributed by atoms with Gasteiger partial charge >= 0.3 is 0 Å². The summed E-state index contributed by atoms with van der Waals surface area (Å²) >= 11 is 0. The number of ether oxygens (including phenoxy) is 2. The number of benzene rings is 2. The normalized spacial score (nSPS) is 10.9. The summed E-state index contributed by atoms with van der Waals surface area (Å²) in [6, 6.07) is 14.8. The largest absolute Gasteiger partial charge is 0.507 e. The molecule has 0 aliphatic carbocycles. The number of rotatable bonds is 5. The minimum atomic E-state index is 0.124. The van der Waals surface area contributed by atoms with Gasteiger partial charge in [0.1, 0.15) is 17.2 Å². The number of phenols is 1. The molecule has 0 bridgehead atoms. The van der Waals surface area contributed by atoms with Crippen molar-refractivity contribution in [3.8, 4) is 39.6 Å². The Hall–Kier alpha value is -3.54. The molecular formula is C21H19N3O3. The highest BCUT2D eigenvalue weighted by atomic mass is 16.5. The van der Waals surface area contributed by atoms with Gasteiger partial charge in [0.05, 0.1) is 25.6 Å². The van der Waals surface area contributed by atoms with E-state index in [1.807, 2.05) is 49.4 Å². The number of hydrogen-bond donors (Lipinski definition) is 1. The van der Waals surface area contributed by atoms with Gasteiger partial charge in [0.25, 0.3) is 0 Å². The predicted molar refractivity (Wildman–Crippen MR) is 103 cm³/mol. The topological polar surface area (TPSA) is 68.9 Å². The van der Waals surface area contributed by atoms with Gasteiger partial charge < -0.3 is 14.6 Å². The van der Waals surface area contributed by atoms with Crippen LogP contribution in [-0.2, 0) is 0 Å². The fourth-order valence-electron chi connectivity index (χ4n) is 3.08. The Bertz CT molecular complexity index is 1090. The predicted octanol–water partition coefficient (Wildman–Crippen LogP) is 4.18. The van der Waals surface area contributed by atoms with Crippen LogP contribution in [0.15, 0.2) is 60.9 Å². The molecule has 2 aromatic carbocycles. The number of nitrogens with zero attached hydrogens (tertiary/aromatic N) is 3. The molecule has 1 N–H and O–H groups in total. The van der Waals surface area contributed by atoms with Crippen LogP contribution >= 0.6 is 0 Å². The van der Waals surface area contributed by atoms with Crippen LogP contribution in [0.3, 0.4) is 0 Å². The highest BCUT2D eigenvalue weighted by molar-refractivity contribution is 5.84. The minimum absolute atomic E-state index is 0.124. The smallest absolute Gasteiger partial charge is 0.155 e. The molecule has 2 aromatic heterocycles. The summed E-state index contributed by atoms with van der Waals surface area (Å²) in [6.07, 6.45) is 3.49. The third-order valence-corrected chi connectivity index (χ3v) is 4.35. The average Bonchev–Trinajstić information content (AvgIpc) is 3.17. The highest BCUT2D eigenvalue weighted by Crippen LogP contribution is 2.38. The van der Waals surface area contributed by atoms with E-state index in [4.69, 9.17) is 9.47 Å². The molecule has 0 saturated carbocycles. The van der Waals surface area contributed by atoms with Gasteiger partial charge in [-0.3, -0.25) is 0 Å². The van der Waals surface area contributed by atoms with Crippen LogP contribution in [-0.4, -0.2) is 33.4 Å². The van der Waals surface area contributed by atoms with Gasteiger partial charge in [0.2, 0.25) is 0 Å². The highest BCUT2D eigenvalue weighted by Gasteiger charge is 2.17. The van der Waals surface area contributed by atoms with Crippen molar-refractivity contribution in [2.75, 3.05) is 13.7 Å². The molecule has 0 unspecified atom stereocenters. The third kappa shape index (κ3) is 3.06. The van der Waals surface area contributed by atoms with E-state index >= 15 is 0 Å². The quantitative estimate of drug-likeness (QED) is 0.578. The lowest BCUT2D eigenvalue weighted by atomic mass is 10.00. The maximum absolute atomic E-state index is 10.7. The molecule has 0 saturated heterocycles. The first-order chi connectivity index (χ1) is 13.2. The monoisotopic (exact) mass is 361 g/mol. The van der Waals surface area contributed by atoms with E-state index in [2.05, 4.69) is 10.1 Å². The lowest BCUT2D eigenvalue weighted by molar-refractivity contribution is 0.338. The molecule has 2 heterocycles. The van der Waals surface area contributed by atoms with Gasteiger partial charge in [-0.1, -0.05) is 12.1 Å².